The first kappa shape index (κ1) is 17.0. The number of halogens is 1. The van der Waals surface area contributed by atoms with E-state index >= 15 is 4.39 Å². The molecule has 0 amide bonds. The van der Waals surface area contributed by atoms with Crippen LogP contribution >= 0.6 is 0 Å². The number of alkyl halides is 1. The lowest BCUT2D eigenvalue weighted by molar-refractivity contribution is 0.140. The molecule has 1 aliphatic rings. The Bertz CT molecular complexity index is 774. The summed E-state index contributed by atoms with van der Waals surface area (Å²) in [6.45, 7) is 4.93. The average molecular weight is 341 g/mol. The molecular weight excluding hydrogens is 321 g/mol. The van der Waals surface area contributed by atoms with Crippen molar-refractivity contribution in [3.05, 3.63) is 35.5 Å². The molecule has 25 heavy (non-hydrogen) atoms. The predicted octanol–water partition coefficient (Wildman–Crippen LogP) is 2.18. The molecule has 8 heteroatoms. The summed E-state index contributed by atoms with van der Waals surface area (Å²) < 4.78 is 15.1. The van der Waals surface area contributed by atoms with Crippen LogP contribution in [0.25, 0.3) is 0 Å². The Labute approximate surface area is 146 Å². The summed E-state index contributed by atoms with van der Waals surface area (Å²) in [6, 6.07) is 5.37. The Hall–Kier alpha value is -2.82. The Morgan fingerprint density at radius 1 is 1.28 bits per heavy atom. The quantitative estimate of drug-likeness (QED) is 0.911. The summed E-state index contributed by atoms with van der Waals surface area (Å²) in [5.74, 6) is 1.80. The first-order chi connectivity index (χ1) is 12.0. The molecule has 3 heterocycles. The summed E-state index contributed by atoms with van der Waals surface area (Å²) in [6.07, 6.45) is 2.28. The van der Waals surface area contributed by atoms with Gasteiger partial charge < -0.3 is 10.2 Å². The molecule has 1 fully saturated rings. The molecule has 1 aliphatic heterocycles. The average Bonchev–Trinajstić information content (AvgIpc) is 2.60. The van der Waals surface area contributed by atoms with Gasteiger partial charge >= 0.3 is 0 Å². The van der Waals surface area contributed by atoms with Crippen LogP contribution in [-0.4, -0.2) is 45.2 Å². The summed E-state index contributed by atoms with van der Waals surface area (Å²) in [4.78, 5) is 18.8. The van der Waals surface area contributed by atoms with Gasteiger partial charge in [-0.25, -0.2) is 24.3 Å². The molecule has 0 spiro atoms. The highest BCUT2D eigenvalue weighted by Gasteiger charge is 2.35. The molecule has 0 aliphatic carbocycles. The maximum Gasteiger partial charge on any atom is 0.226 e. The maximum absolute atomic E-state index is 15.1. The van der Waals surface area contributed by atoms with E-state index in [0.29, 0.717) is 49.2 Å². The lowest BCUT2D eigenvalue weighted by atomic mass is 9.93. The number of rotatable bonds is 4. The smallest absolute Gasteiger partial charge is 0.226 e. The minimum absolute atomic E-state index is 0.204. The lowest BCUT2D eigenvalue weighted by Crippen LogP contribution is -2.46. The van der Waals surface area contributed by atoms with Crippen molar-refractivity contribution in [3.8, 4) is 6.07 Å². The third-order valence-electron chi connectivity index (χ3n) is 4.25. The van der Waals surface area contributed by atoms with Crippen molar-refractivity contribution in [2.24, 2.45) is 0 Å². The van der Waals surface area contributed by atoms with Crippen LogP contribution in [0.2, 0.25) is 0 Å². The highest BCUT2D eigenvalue weighted by Crippen LogP contribution is 2.28. The zero-order chi connectivity index (χ0) is 17.9. The van der Waals surface area contributed by atoms with E-state index in [1.807, 2.05) is 30.9 Å². The first-order valence-electron chi connectivity index (χ1n) is 8.21. The largest absolute Gasteiger partial charge is 0.367 e. The van der Waals surface area contributed by atoms with Crippen molar-refractivity contribution in [2.45, 2.75) is 32.4 Å². The molecule has 0 unspecified atom stereocenters. The Morgan fingerprint density at radius 2 is 2.04 bits per heavy atom. The van der Waals surface area contributed by atoms with Crippen LogP contribution in [0, 0.1) is 25.2 Å². The number of hydrogen-bond acceptors (Lipinski definition) is 7. The molecule has 1 N–H and O–H groups in total. The Morgan fingerprint density at radius 3 is 2.72 bits per heavy atom. The molecule has 2 aromatic rings. The second-order valence-electron chi connectivity index (χ2n) is 6.29. The Balaban J connectivity index is 1.59. The lowest BCUT2D eigenvalue weighted by Gasteiger charge is -2.36. The van der Waals surface area contributed by atoms with Gasteiger partial charge in [0.1, 0.15) is 29.1 Å². The van der Waals surface area contributed by atoms with E-state index in [0.717, 1.165) is 5.69 Å². The molecule has 0 saturated carbocycles. The third kappa shape index (κ3) is 4.18. The van der Waals surface area contributed by atoms with Crippen LogP contribution in [0.1, 0.15) is 30.1 Å². The van der Waals surface area contributed by atoms with Crippen molar-refractivity contribution in [3.63, 3.8) is 0 Å². The van der Waals surface area contributed by atoms with Crippen LogP contribution in [0.15, 0.2) is 18.3 Å². The number of piperidine rings is 1. The minimum atomic E-state index is -1.31. The fourth-order valence-electron chi connectivity index (χ4n) is 2.90. The molecule has 2 aromatic heterocycles. The summed E-state index contributed by atoms with van der Waals surface area (Å²) in [5.41, 5.74) is -0.138. The van der Waals surface area contributed by atoms with E-state index in [9.17, 15) is 0 Å². The van der Waals surface area contributed by atoms with Gasteiger partial charge in [0.25, 0.3) is 0 Å². The first-order valence-corrected chi connectivity index (χ1v) is 8.21. The second-order valence-corrected chi connectivity index (χ2v) is 6.29. The molecule has 0 atom stereocenters. The van der Waals surface area contributed by atoms with Crippen LogP contribution in [0.3, 0.4) is 0 Å². The molecule has 7 nitrogen and oxygen atoms in total. The van der Waals surface area contributed by atoms with Gasteiger partial charge in [0.05, 0.1) is 6.54 Å². The molecule has 0 aromatic carbocycles. The van der Waals surface area contributed by atoms with Crippen LogP contribution in [0.4, 0.5) is 16.2 Å². The van der Waals surface area contributed by atoms with Gasteiger partial charge in [-0.3, -0.25) is 0 Å². The molecule has 130 valence electrons. The molecule has 0 bridgehead atoms. The molecule has 3 rings (SSSR count). The second kappa shape index (κ2) is 6.97. The van der Waals surface area contributed by atoms with Gasteiger partial charge in [-0.05, 0) is 19.9 Å². The number of nitrogens with zero attached hydrogens (tertiary/aromatic N) is 6. The van der Waals surface area contributed by atoms with E-state index in [2.05, 4.69) is 25.3 Å². The number of hydrogen-bond donors (Lipinski definition) is 1. The van der Waals surface area contributed by atoms with E-state index < -0.39 is 5.67 Å². The van der Waals surface area contributed by atoms with Crippen molar-refractivity contribution < 1.29 is 4.39 Å². The fourth-order valence-corrected chi connectivity index (χ4v) is 2.90. The fraction of sp³-hybridized carbons (Fsp3) is 0.471. The van der Waals surface area contributed by atoms with E-state index in [1.54, 1.807) is 12.3 Å². The highest BCUT2D eigenvalue weighted by atomic mass is 19.1. The number of nitrogens with one attached hydrogen (secondary N) is 1. The van der Waals surface area contributed by atoms with E-state index in [4.69, 9.17) is 5.26 Å². The van der Waals surface area contributed by atoms with E-state index in [1.165, 1.54) is 0 Å². The minimum Gasteiger partial charge on any atom is -0.367 e. The zero-order valence-corrected chi connectivity index (χ0v) is 14.3. The van der Waals surface area contributed by atoms with Crippen LogP contribution in [0.5, 0.6) is 0 Å². The number of aryl methyl sites for hydroxylation is 2. The van der Waals surface area contributed by atoms with Crippen molar-refractivity contribution in [1.82, 2.24) is 19.9 Å². The van der Waals surface area contributed by atoms with Gasteiger partial charge in [-0.15, -0.1) is 0 Å². The molecule has 1 saturated heterocycles. The van der Waals surface area contributed by atoms with Gasteiger partial charge in [-0.1, -0.05) is 0 Å². The van der Waals surface area contributed by atoms with Gasteiger partial charge in [-0.2, -0.15) is 5.26 Å². The topological polar surface area (TPSA) is 90.6 Å². The number of nitriles is 1. The van der Waals surface area contributed by atoms with Gasteiger partial charge in [0, 0.05) is 43.9 Å². The summed E-state index contributed by atoms with van der Waals surface area (Å²) in [5, 5.41) is 12.0. The Kier molecular flexibility index (Phi) is 4.74. The highest BCUT2D eigenvalue weighted by molar-refractivity contribution is 5.37. The normalized spacial score (nSPS) is 16.3. The standard InChI is InChI=1S/C17H20FN7/c1-12-9-15(23-13(2)22-12)21-11-17(18)4-7-25(8-5-17)16-20-6-3-14(10-19)24-16/h3,6,9H,4-5,7-8,11H2,1-2H3,(H,21,22,23). The predicted molar refractivity (Wildman–Crippen MR) is 92.0 cm³/mol. The maximum atomic E-state index is 15.1. The monoisotopic (exact) mass is 341 g/mol. The van der Waals surface area contributed by atoms with E-state index in [-0.39, 0.29) is 6.54 Å². The zero-order valence-electron chi connectivity index (χ0n) is 14.3. The number of anilines is 2. The molecular formula is C17H20FN7. The van der Waals surface area contributed by atoms with Crippen molar-refractivity contribution >= 4 is 11.8 Å². The summed E-state index contributed by atoms with van der Waals surface area (Å²) >= 11 is 0. The van der Waals surface area contributed by atoms with Gasteiger partial charge in [0.15, 0.2) is 0 Å². The van der Waals surface area contributed by atoms with Crippen LogP contribution < -0.4 is 10.2 Å². The van der Waals surface area contributed by atoms with Crippen molar-refractivity contribution in [2.75, 3.05) is 29.9 Å². The number of aromatic nitrogens is 4. The summed E-state index contributed by atoms with van der Waals surface area (Å²) in [7, 11) is 0. The van der Waals surface area contributed by atoms with Crippen molar-refractivity contribution in [1.29, 1.82) is 5.26 Å². The molecule has 0 radical (unpaired) electrons. The third-order valence-corrected chi connectivity index (χ3v) is 4.25. The van der Waals surface area contributed by atoms with Crippen LogP contribution in [-0.2, 0) is 0 Å². The SMILES string of the molecule is Cc1cc(NCC2(F)CCN(c3nccc(C#N)n3)CC2)nc(C)n1. The van der Waals surface area contributed by atoms with Gasteiger partial charge in [0.2, 0.25) is 5.95 Å².